The first-order valence-electron chi connectivity index (χ1n) is 7.77. The van der Waals surface area contributed by atoms with Crippen molar-refractivity contribution in [3.63, 3.8) is 0 Å². The molecule has 22 heavy (non-hydrogen) atoms. The summed E-state index contributed by atoms with van der Waals surface area (Å²) < 4.78 is 13.6. The minimum Gasteiger partial charge on any atom is -0.353 e. The van der Waals surface area contributed by atoms with Crippen LogP contribution in [0.5, 0.6) is 0 Å². The first-order valence-corrected chi connectivity index (χ1v) is 7.77. The molecule has 2 aromatic heterocycles. The normalized spacial score (nSPS) is 16.8. The van der Waals surface area contributed by atoms with Gasteiger partial charge >= 0.3 is 0 Å². The molecule has 3 nitrogen and oxygen atoms in total. The highest BCUT2D eigenvalue weighted by atomic mass is 19.1. The zero-order chi connectivity index (χ0) is 15.4. The lowest BCUT2D eigenvalue weighted by Gasteiger charge is -2.29. The number of aromatic nitrogens is 2. The van der Waals surface area contributed by atoms with Crippen LogP contribution in [0.1, 0.15) is 35.8 Å². The minimum atomic E-state index is -0.242. The standard InChI is InChI=1S/C17H19BFN3/c18-22-11-8-13(9-12-22)16-5-1-3-14(21-16)6-7-17-15(19)4-2-10-20-17/h1-5,10,13H,6-9,11-12H2. The molecule has 0 aromatic carbocycles. The summed E-state index contributed by atoms with van der Waals surface area (Å²) in [7, 11) is 5.80. The van der Waals surface area contributed by atoms with Crippen LogP contribution in [0.3, 0.4) is 0 Å². The quantitative estimate of drug-likeness (QED) is 0.812. The summed E-state index contributed by atoms with van der Waals surface area (Å²) in [6.07, 6.45) is 4.99. The van der Waals surface area contributed by atoms with Gasteiger partial charge < -0.3 is 4.81 Å². The SMILES string of the molecule is [B]N1CCC(c2cccc(CCc3ncccc3F)n2)CC1. The topological polar surface area (TPSA) is 29.0 Å². The van der Waals surface area contributed by atoms with Crippen LogP contribution in [0.15, 0.2) is 36.5 Å². The van der Waals surface area contributed by atoms with Crippen molar-refractivity contribution in [2.24, 2.45) is 0 Å². The molecule has 1 aliphatic heterocycles. The number of nitrogens with zero attached hydrogens (tertiary/aromatic N) is 3. The Morgan fingerprint density at radius 1 is 1.14 bits per heavy atom. The second-order valence-electron chi connectivity index (χ2n) is 5.80. The van der Waals surface area contributed by atoms with Crippen LogP contribution >= 0.6 is 0 Å². The minimum absolute atomic E-state index is 0.242. The predicted octanol–water partition coefficient (Wildman–Crippen LogP) is 2.66. The van der Waals surface area contributed by atoms with Crippen molar-refractivity contribution in [3.05, 3.63) is 59.4 Å². The van der Waals surface area contributed by atoms with E-state index in [1.165, 1.54) is 6.07 Å². The molecular formula is C17H19BFN3. The first-order chi connectivity index (χ1) is 10.7. The molecule has 2 radical (unpaired) electrons. The average Bonchev–Trinajstić information content (AvgIpc) is 2.55. The molecular weight excluding hydrogens is 276 g/mol. The Balaban J connectivity index is 1.65. The van der Waals surface area contributed by atoms with Gasteiger partial charge in [-0.05, 0) is 63.0 Å². The van der Waals surface area contributed by atoms with E-state index in [9.17, 15) is 4.39 Å². The number of halogens is 1. The summed E-state index contributed by atoms with van der Waals surface area (Å²) in [5.41, 5.74) is 2.64. The van der Waals surface area contributed by atoms with Gasteiger partial charge in [0.25, 0.3) is 0 Å². The second-order valence-corrected chi connectivity index (χ2v) is 5.80. The summed E-state index contributed by atoms with van der Waals surface area (Å²) in [5.74, 6) is 0.236. The van der Waals surface area contributed by atoms with Crippen molar-refractivity contribution in [2.45, 2.75) is 31.6 Å². The van der Waals surface area contributed by atoms with E-state index >= 15 is 0 Å². The van der Waals surface area contributed by atoms with E-state index in [0.29, 0.717) is 24.5 Å². The van der Waals surface area contributed by atoms with Gasteiger partial charge in [-0.2, -0.15) is 0 Å². The highest BCUT2D eigenvalue weighted by Crippen LogP contribution is 2.26. The molecule has 1 aliphatic rings. The van der Waals surface area contributed by atoms with Gasteiger partial charge in [0.1, 0.15) is 5.82 Å². The van der Waals surface area contributed by atoms with Crippen LogP contribution in [0, 0.1) is 5.82 Å². The molecule has 0 N–H and O–H groups in total. The van der Waals surface area contributed by atoms with E-state index in [2.05, 4.69) is 11.1 Å². The maximum absolute atomic E-state index is 13.6. The molecule has 0 atom stereocenters. The van der Waals surface area contributed by atoms with E-state index in [1.54, 1.807) is 12.3 Å². The van der Waals surface area contributed by atoms with Gasteiger partial charge in [0.2, 0.25) is 0 Å². The van der Waals surface area contributed by atoms with E-state index < -0.39 is 0 Å². The smallest absolute Gasteiger partial charge is 0.182 e. The first kappa shape index (κ1) is 15.2. The lowest BCUT2D eigenvalue weighted by atomic mass is 9.91. The number of piperidine rings is 1. The van der Waals surface area contributed by atoms with Crippen LogP contribution in [-0.4, -0.2) is 35.8 Å². The molecule has 0 amide bonds. The highest BCUT2D eigenvalue weighted by Gasteiger charge is 2.19. The number of pyridine rings is 2. The summed E-state index contributed by atoms with van der Waals surface area (Å²) in [4.78, 5) is 10.7. The number of rotatable bonds is 4. The van der Waals surface area contributed by atoms with Crippen molar-refractivity contribution >= 4 is 7.98 Å². The summed E-state index contributed by atoms with van der Waals surface area (Å²) >= 11 is 0. The summed E-state index contributed by atoms with van der Waals surface area (Å²) in [6, 6.07) is 9.19. The third kappa shape index (κ3) is 3.71. The Morgan fingerprint density at radius 2 is 1.95 bits per heavy atom. The Morgan fingerprint density at radius 3 is 2.73 bits per heavy atom. The Hall–Kier alpha value is -1.75. The van der Waals surface area contributed by atoms with Crippen molar-refractivity contribution in [2.75, 3.05) is 13.1 Å². The molecule has 3 heterocycles. The monoisotopic (exact) mass is 295 g/mol. The molecule has 0 spiro atoms. The second kappa shape index (κ2) is 7.01. The van der Waals surface area contributed by atoms with E-state index in [0.717, 1.165) is 37.3 Å². The average molecular weight is 295 g/mol. The molecule has 1 saturated heterocycles. The fourth-order valence-electron chi connectivity index (χ4n) is 2.91. The van der Waals surface area contributed by atoms with Crippen LogP contribution < -0.4 is 0 Å². The highest BCUT2D eigenvalue weighted by molar-refractivity contribution is 6.04. The maximum Gasteiger partial charge on any atom is 0.182 e. The van der Waals surface area contributed by atoms with Gasteiger partial charge in [0.05, 0.1) is 5.69 Å². The van der Waals surface area contributed by atoms with Gasteiger partial charge in [-0.25, -0.2) is 4.39 Å². The lowest BCUT2D eigenvalue weighted by Crippen LogP contribution is -2.30. The van der Waals surface area contributed by atoms with Crippen LogP contribution in [-0.2, 0) is 12.8 Å². The van der Waals surface area contributed by atoms with Gasteiger partial charge in [-0.3, -0.25) is 9.97 Å². The Kier molecular flexibility index (Phi) is 4.83. The van der Waals surface area contributed by atoms with Crippen LogP contribution in [0.25, 0.3) is 0 Å². The van der Waals surface area contributed by atoms with E-state index in [1.807, 2.05) is 16.9 Å². The summed E-state index contributed by atoms with van der Waals surface area (Å²) in [6.45, 7) is 1.82. The van der Waals surface area contributed by atoms with Crippen molar-refractivity contribution in [1.29, 1.82) is 0 Å². The van der Waals surface area contributed by atoms with Crippen LogP contribution in [0.2, 0.25) is 0 Å². The Bertz CT molecular complexity index is 627. The molecule has 0 unspecified atom stereocenters. The zero-order valence-corrected chi connectivity index (χ0v) is 12.6. The van der Waals surface area contributed by atoms with E-state index in [4.69, 9.17) is 13.0 Å². The summed E-state index contributed by atoms with van der Waals surface area (Å²) in [5, 5.41) is 0. The van der Waals surface area contributed by atoms with Crippen molar-refractivity contribution in [3.8, 4) is 0 Å². The molecule has 5 heteroatoms. The van der Waals surface area contributed by atoms with Gasteiger partial charge in [0.15, 0.2) is 7.98 Å². The van der Waals surface area contributed by atoms with Crippen molar-refractivity contribution < 1.29 is 4.39 Å². The van der Waals surface area contributed by atoms with E-state index in [-0.39, 0.29) is 5.82 Å². The van der Waals surface area contributed by atoms with Gasteiger partial charge in [-0.15, -0.1) is 0 Å². The van der Waals surface area contributed by atoms with Crippen LogP contribution in [0.4, 0.5) is 4.39 Å². The van der Waals surface area contributed by atoms with Gasteiger partial charge in [-0.1, -0.05) is 6.07 Å². The molecule has 1 fully saturated rings. The lowest BCUT2D eigenvalue weighted by molar-refractivity contribution is 0.331. The third-order valence-corrected chi connectivity index (χ3v) is 4.23. The zero-order valence-electron chi connectivity index (χ0n) is 12.6. The molecule has 2 aromatic rings. The number of hydrogen-bond donors (Lipinski definition) is 0. The fraction of sp³-hybridized carbons (Fsp3) is 0.412. The molecule has 0 bridgehead atoms. The molecule has 112 valence electrons. The molecule has 0 saturated carbocycles. The van der Waals surface area contributed by atoms with Crippen molar-refractivity contribution in [1.82, 2.24) is 14.8 Å². The third-order valence-electron chi connectivity index (χ3n) is 4.23. The fourth-order valence-corrected chi connectivity index (χ4v) is 2.91. The van der Waals surface area contributed by atoms with Gasteiger partial charge in [0, 0.05) is 23.5 Å². The largest absolute Gasteiger partial charge is 0.353 e. The number of aryl methyl sites for hydroxylation is 2. The predicted molar refractivity (Wildman–Crippen MR) is 85.1 cm³/mol. The molecule has 0 aliphatic carbocycles. The molecule has 3 rings (SSSR count). The Labute approximate surface area is 132 Å². The maximum atomic E-state index is 13.6. The number of hydrogen-bond acceptors (Lipinski definition) is 3.